The van der Waals surface area contributed by atoms with Gasteiger partial charge in [0.05, 0.1) is 7.11 Å². The van der Waals surface area contributed by atoms with Gasteiger partial charge in [0, 0.05) is 13.0 Å². The Morgan fingerprint density at radius 1 is 1.10 bits per heavy atom. The van der Waals surface area contributed by atoms with E-state index in [1.807, 2.05) is 0 Å². The minimum absolute atomic E-state index is 0.0719. The molecular formula is C23H36N2O4. The lowest BCUT2D eigenvalue weighted by molar-refractivity contribution is -0.147. The van der Waals surface area contributed by atoms with Crippen LogP contribution in [0.2, 0.25) is 0 Å². The summed E-state index contributed by atoms with van der Waals surface area (Å²) in [5.41, 5.74) is 0.0734. The van der Waals surface area contributed by atoms with Gasteiger partial charge in [-0.05, 0) is 55.8 Å². The predicted molar refractivity (Wildman–Crippen MR) is 111 cm³/mol. The van der Waals surface area contributed by atoms with Crippen LogP contribution in [0.25, 0.3) is 0 Å². The molecule has 1 saturated carbocycles. The molecule has 6 heteroatoms. The molecule has 0 aromatic carbocycles. The van der Waals surface area contributed by atoms with Gasteiger partial charge < -0.3 is 15.0 Å². The fourth-order valence-corrected chi connectivity index (χ4v) is 5.20. The number of fused-ring (bicyclic) bond motifs is 3. The summed E-state index contributed by atoms with van der Waals surface area (Å²) in [6, 6.07) is -1.11. The van der Waals surface area contributed by atoms with E-state index in [-0.39, 0.29) is 23.1 Å². The Bertz CT molecular complexity index is 657. The lowest BCUT2D eigenvalue weighted by Gasteiger charge is -2.31. The Balaban J connectivity index is 1.75. The van der Waals surface area contributed by atoms with Gasteiger partial charge >= 0.3 is 5.97 Å². The first-order valence-corrected chi connectivity index (χ1v) is 11.2. The molecule has 0 bridgehead atoms. The number of nitrogens with zero attached hydrogens (tertiary/aromatic N) is 1. The van der Waals surface area contributed by atoms with E-state index in [1.165, 1.54) is 7.11 Å². The molecule has 3 aliphatic rings. The van der Waals surface area contributed by atoms with Crippen molar-refractivity contribution in [3.05, 3.63) is 12.2 Å². The van der Waals surface area contributed by atoms with Crippen molar-refractivity contribution >= 4 is 17.8 Å². The van der Waals surface area contributed by atoms with Gasteiger partial charge in [-0.3, -0.25) is 9.59 Å². The zero-order chi connectivity index (χ0) is 21.0. The number of allylic oxidation sites excluding steroid dienone is 2. The molecule has 2 amide bonds. The van der Waals surface area contributed by atoms with Crippen LogP contribution >= 0.6 is 0 Å². The number of hydrogen-bond acceptors (Lipinski definition) is 4. The van der Waals surface area contributed by atoms with Crippen LogP contribution in [0.15, 0.2) is 12.2 Å². The Kier molecular flexibility index (Phi) is 7.01. The second-order valence-electron chi connectivity index (χ2n) is 9.38. The van der Waals surface area contributed by atoms with E-state index in [4.69, 9.17) is 4.74 Å². The van der Waals surface area contributed by atoms with Gasteiger partial charge in [-0.15, -0.1) is 0 Å². The summed E-state index contributed by atoms with van der Waals surface area (Å²) in [5, 5.41) is 2.92. The molecule has 0 radical (unpaired) electrons. The number of ether oxygens (including phenoxy) is 1. The van der Waals surface area contributed by atoms with Gasteiger partial charge in [0.25, 0.3) is 0 Å². The van der Waals surface area contributed by atoms with E-state index in [9.17, 15) is 14.4 Å². The molecule has 1 aliphatic carbocycles. The van der Waals surface area contributed by atoms with Crippen LogP contribution < -0.4 is 5.32 Å². The van der Waals surface area contributed by atoms with E-state index >= 15 is 0 Å². The fraction of sp³-hybridized carbons (Fsp3) is 0.783. The molecule has 2 heterocycles. The van der Waals surface area contributed by atoms with Crippen molar-refractivity contribution in [3.63, 3.8) is 0 Å². The van der Waals surface area contributed by atoms with Crippen molar-refractivity contribution < 1.29 is 19.1 Å². The highest BCUT2D eigenvalue weighted by molar-refractivity contribution is 5.92. The molecule has 3 rings (SSSR count). The summed E-state index contributed by atoms with van der Waals surface area (Å²) >= 11 is 0. The number of carbonyl (C=O) groups excluding carboxylic acids is 3. The number of methoxy groups -OCH3 is 1. The lowest BCUT2D eigenvalue weighted by atomic mass is 9.99. The van der Waals surface area contributed by atoms with Gasteiger partial charge in [0.15, 0.2) is 0 Å². The first-order valence-electron chi connectivity index (χ1n) is 11.2. The third-order valence-electron chi connectivity index (χ3n) is 7.14. The molecule has 2 aliphatic heterocycles. The first kappa shape index (κ1) is 21.8. The smallest absolute Gasteiger partial charge is 0.328 e. The van der Waals surface area contributed by atoms with E-state index in [0.29, 0.717) is 25.3 Å². The topological polar surface area (TPSA) is 75.7 Å². The molecule has 4 atom stereocenters. The summed E-state index contributed by atoms with van der Waals surface area (Å²) in [4.78, 5) is 40.1. The van der Waals surface area contributed by atoms with E-state index in [1.54, 1.807) is 4.90 Å². The highest BCUT2D eigenvalue weighted by atomic mass is 16.5. The predicted octanol–water partition coefficient (Wildman–Crippen LogP) is 3.21. The average molecular weight is 405 g/mol. The Morgan fingerprint density at radius 3 is 2.48 bits per heavy atom. The second kappa shape index (κ2) is 9.31. The molecule has 29 heavy (non-hydrogen) atoms. The highest BCUT2D eigenvalue weighted by Gasteiger charge is 2.69. The van der Waals surface area contributed by atoms with Crippen LogP contribution in [0.5, 0.6) is 0 Å². The average Bonchev–Trinajstić information content (AvgIpc) is 3.05. The number of rotatable bonds is 1. The van der Waals surface area contributed by atoms with Crippen LogP contribution in [-0.4, -0.2) is 48.4 Å². The maximum absolute atomic E-state index is 13.2. The van der Waals surface area contributed by atoms with Gasteiger partial charge in [0.1, 0.15) is 12.1 Å². The molecule has 0 aromatic heterocycles. The zero-order valence-electron chi connectivity index (χ0n) is 18.1. The fourth-order valence-electron chi connectivity index (χ4n) is 5.20. The highest BCUT2D eigenvalue weighted by Crippen LogP contribution is 2.64. The molecule has 2 fully saturated rings. The zero-order valence-corrected chi connectivity index (χ0v) is 18.1. The third kappa shape index (κ3) is 4.84. The summed E-state index contributed by atoms with van der Waals surface area (Å²) in [6.45, 7) is 5.00. The summed E-state index contributed by atoms with van der Waals surface area (Å²) < 4.78 is 4.92. The molecule has 0 spiro atoms. The number of hydrogen-bond donors (Lipinski definition) is 1. The molecule has 1 saturated heterocycles. The second-order valence-corrected chi connectivity index (χ2v) is 9.38. The first-order chi connectivity index (χ1) is 13.9. The number of carbonyl (C=O) groups is 3. The van der Waals surface area contributed by atoms with Gasteiger partial charge in [0.2, 0.25) is 11.8 Å². The van der Waals surface area contributed by atoms with Crippen LogP contribution in [0, 0.1) is 17.3 Å². The quantitative estimate of drug-likeness (QED) is 0.538. The van der Waals surface area contributed by atoms with E-state index in [0.717, 1.165) is 44.9 Å². The molecule has 0 aromatic rings. The van der Waals surface area contributed by atoms with Gasteiger partial charge in [-0.25, -0.2) is 4.79 Å². The molecule has 6 nitrogen and oxygen atoms in total. The molecule has 3 unspecified atom stereocenters. The Hall–Kier alpha value is -1.85. The maximum atomic E-state index is 13.2. The minimum atomic E-state index is -0.648. The van der Waals surface area contributed by atoms with Crippen molar-refractivity contribution in [1.82, 2.24) is 10.2 Å². The standard InChI is InChI=1S/C23H36N2O4/c1-23(2)16-15-25-18(26)14-12-10-8-6-4-5-7-9-11-13-17(22(28)29-3)24-21(27)20(25)19(16)23/h4-5,16-17,19-20H,6-15H2,1-3H3,(H,24,27)/b5-4-/t16?,17?,19?,20-/m0/s1. The summed E-state index contributed by atoms with van der Waals surface area (Å²) in [6.07, 6.45) is 12.3. The van der Waals surface area contributed by atoms with Crippen molar-refractivity contribution in [2.75, 3.05) is 13.7 Å². The van der Waals surface area contributed by atoms with E-state index < -0.39 is 18.1 Å². The van der Waals surface area contributed by atoms with Gasteiger partial charge in [-0.1, -0.05) is 38.8 Å². The largest absolute Gasteiger partial charge is 0.467 e. The van der Waals surface area contributed by atoms with Crippen LogP contribution in [0.4, 0.5) is 0 Å². The number of esters is 1. The van der Waals surface area contributed by atoms with Gasteiger partial charge in [-0.2, -0.15) is 0 Å². The van der Waals surface area contributed by atoms with Crippen LogP contribution in [0.1, 0.15) is 71.6 Å². The maximum Gasteiger partial charge on any atom is 0.328 e. The van der Waals surface area contributed by atoms with Crippen molar-refractivity contribution in [1.29, 1.82) is 0 Å². The normalized spacial score (nSPS) is 34.4. The Morgan fingerprint density at radius 2 is 1.79 bits per heavy atom. The SMILES string of the molecule is COC(=O)C1CCCC/C=C\CCCCCC(=O)N2CC3C([C@H]2C(=O)N1)C3(C)C. The number of amides is 2. The molecule has 1 N–H and O–H groups in total. The van der Waals surface area contributed by atoms with Crippen molar-refractivity contribution in [2.45, 2.75) is 83.7 Å². The monoisotopic (exact) mass is 404 g/mol. The van der Waals surface area contributed by atoms with Crippen LogP contribution in [0.3, 0.4) is 0 Å². The van der Waals surface area contributed by atoms with Crippen LogP contribution in [-0.2, 0) is 19.1 Å². The molecular weight excluding hydrogens is 368 g/mol. The summed E-state index contributed by atoms with van der Waals surface area (Å²) in [7, 11) is 1.35. The van der Waals surface area contributed by atoms with E-state index in [2.05, 4.69) is 31.3 Å². The Labute approximate surface area is 174 Å². The minimum Gasteiger partial charge on any atom is -0.467 e. The van der Waals surface area contributed by atoms with Crippen molar-refractivity contribution in [2.24, 2.45) is 17.3 Å². The summed E-state index contributed by atoms with van der Waals surface area (Å²) in [5.74, 6) is 0.0125. The van der Waals surface area contributed by atoms with Crippen molar-refractivity contribution in [3.8, 4) is 0 Å². The number of piperidine rings is 1. The molecule has 162 valence electrons. The lowest BCUT2D eigenvalue weighted by Crippen LogP contribution is -2.53. The third-order valence-corrected chi connectivity index (χ3v) is 7.14. The number of nitrogens with one attached hydrogen (secondary N) is 1.